The predicted molar refractivity (Wildman–Crippen MR) is 81.1 cm³/mol. The summed E-state index contributed by atoms with van der Waals surface area (Å²) in [6.07, 6.45) is 3.72. The molecule has 102 valence electrons. The van der Waals surface area contributed by atoms with Crippen molar-refractivity contribution in [1.29, 1.82) is 0 Å². The van der Waals surface area contributed by atoms with Crippen molar-refractivity contribution in [2.24, 2.45) is 0 Å². The van der Waals surface area contributed by atoms with E-state index < -0.39 is 0 Å². The van der Waals surface area contributed by atoms with Crippen LogP contribution in [0.2, 0.25) is 0 Å². The topological polar surface area (TPSA) is 27.1 Å². The summed E-state index contributed by atoms with van der Waals surface area (Å²) in [4.78, 5) is 0. The summed E-state index contributed by atoms with van der Waals surface area (Å²) in [5.74, 6) is 1.18. The van der Waals surface area contributed by atoms with Crippen molar-refractivity contribution < 1.29 is 4.74 Å². The Morgan fingerprint density at radius 1 is 1.26 bits per heavy atom. The smallest absolute Gasteiger partial charge is 0.157 e. The molecule has 2 rings (SSSR count). The fourth-order valence-electron chi connectivity index (χ4n) is 1.83. The van der Waals surface area contributed by atoms with Crippen LogP contribution in [0.3, 0.4) is 0 Å². The molecule has 1 aromatic carbocycles. The van der Waals surface area contributed by atoms with Crippen molar-refractivity contribution in [3.05, 3.63) is 48.3 Å². The molecule has 0 saturated carbocycles. The molecule has 0 aliphatic rings. The highest BCUT2D eigenvalue weighted by Crippen LogP contribution is 2.20. The monoisotopic (exact) mass is 322 g/mol. The van der Waals surface area contributed by atoms with Gasteiger partial charge in [-0.3, -0.25) is 4.68 Å². The van der Waals surface area contributed by atoms with Crippen LogP contribution in [0.1, 0.15) is 31.4 Å². The van der Waals surface area contributed by atoms with Gasteiger partial charge in [-0.15, -0.1) is 0 Å². The van der Waals surface area contributed by atoms with E-state index in [2.05, 4.69) is 59.1 Å². The third-order valence-electron chi connectivity index (χ3n) is 3.02. The molecular formula is C15H19BrN2O. The number of halogens is 1. The highest BCUT2D eigenvalue weighted by molar-refractivity contribution is 9.09. The molecule has 0 N–H and O–H groups in total. The van der Waals surface area contributed by atoms with Crippen molar-refractivity contribution in [2.45, 2.75) is 25.8 Å². The number of hydrogen-bond donors (Lipinski definition) is 0. The molecule has 0 aliphatic carbocycles. The van der Waals surface area contributed by atoms with Crippen LogP contribution in [-0.4, -0.2) is 21.7 Å². The SMILES string of the molecule is CC(C)n1cc(OCC(CBr)c2ccccc2)cn1. The first-order valence-corrected chi connectivity index (χ1v) is 7.60. The van der Waals surface area contributed by atoms with Gasteiger partial charge in [-0.05, 0) is 19.4 Å². The van der Waals surface area contributed by atoms with Gasteiger partial charge in [0.15, 0.2) is 5.75 Å². The first kappa shape index (κ1) is 14.1. The van der Waals surface area contributed by atoms with Crippen LogP contribution >= 0.6 is 15.9 Å². The molecule has 4 heteroatoms. The van der Waals surface area contributed by atoms with Crippen molar-refractivity contribution in [3.63, 3.8) is 0 Å². The van der Waals surface area contributed by atoms with E-state index in [1.54, 1.807) is 6.20 Å². The average molecular weight is 323 g/mol. The summed E-state index contributed by atoms with van der Waals surface area (Å²) < 4.78 is 7.73. The van der Waals surface area contributed by atoms with Crippen LogP contribution in [0.4, 0.5) is 0 Å². The Labute approximate surface area is 122 Å². The minimum atomic E-state index is 0.351. The van der Waals surface area contributed by atoms with Crippen molar-refractivity contribution in [2.75, 3.05) is 11.9 Å². The molecule has 0 aliphatic heterocycles. The van der Waals surface area contributed by atoms with E-state index in [0.29, 0.717) is 18.6 Å². The fraction of sp³-hybridized carbons (Fsp3) is 0.400. The van der Waals surface area contributed by atoms with E-state index in [1.165, 1.54) is 5.56 Å². The average Bonchev–Trinajstić information content (AvgIpc) is 2.90. The second kappa shape index (κ2) is 6.75. The Bertz CT molecular complexity index is 496. The zero-order valence-electron chi connectivity index (χ0n) is 11.3. The molecule has 0 bridgehead atoms. The molecule has 0 radical (unpaired) electrons. The van der Waals surface area contributed by atoms with Gasteiger partial charge in [-0.2, -0.15) is 5.10 Å². The van der Waals surface area contributed by atoms with E-state index in [4.69, 9.17) is 4.74 Å². The Morgan fingerprint density at radius 3 is 2.58 bits per heavy atom. The fourth-order valence-corrected chi connectivity index (χ4v) is 2.39. The maximum atomic E-state index is 5.83. The van der Waals surface area contributed by atoms with Gasteiger partial charge in [0.1, 0.15) is 0 Å². The highest BCUT2D eigenvalue weighted by atomic mass is 79.9. The van der Waals surface area contributed by atoms with Crippen molar-refractivity contribution >= 4 is 15.9 Å². The number of benzene rings is 1. The molecule has 3 nitrogen and oxygen atoms in total. The molecule has 1 unspecified atom stereocenters. The van der Waals surface area contributed by atoms with Gasteiger partial charge in [0, 0.05) is 17.3 Å². The molecule has 0 amide bonds. The predicted octanol–water partition coefficient (Wildman–Crippen LogP) is 4.02. The maximum absolute atomic E-state index is 5.83. The Morgan fingerprint density at radius 2 is 2.00 bits per heavy atom. The van der Waals surface area contributed by atoms with Gasteiger partial charge >= 0.3 is 0 Å². The van der Waals surface area contributed by atoms with Crippen LogP contribution in [0, 0.1) is 0 Å². The zero-order valence-corrected chi connectivity index (χ0v) is 12.9. The van der Waals surface area contributed by atoms with E-state index in [-0.39, 0.29) is 0 Å². The second-order valence-corrected chi connectivity index (χ2v) is 5.47. The van der Waals surface area contributed by atoms with E-state index in [1.807, 2.05) is 16.9 Å². The van der Waals surface area contributed by atoms with Gasteiger partial charge in [0.2, 0.25) is 0 Å². The Balaban J connectivity index is 1.96. The van der Waals surface area contributed by atoms with Gasteiger partial charge in [-0.1, -0.05) is 46.3 Å². The molecular weight excluding hydrogens is 304 g/mol. The molecule has 19 heavy (non-hydrogen) atoms. The molecule has 0 spiro atoms. The Kier molecular flexibility index (Phi) is 5.02. The standard InChI is InChI=1S/C15H19BrN2O/c1-12(2)18-10-15(9-17-18)19-11-14(8-16)13-6-4-3-5-7-13/h3-7,9-10,12,14H,8,11H2,1-2H3. The van der Waals surface area contributed by atoms with Gasteiger partial charge < -0.3 is 4.74 Å². The van der Waals surface area contributed by atoms with Crippen molar-refractivity contribution in [1.82, 2.24) is 9.78 Å². The minimum absolute atomic E-state index is 0.351. The van der Waals surface area contributed by atoms with Crippen LogP contribution < -0.4 is 4.74 Å². The molecule has 1 heterocycles. The van der Waals surface area contributed by atoms with Gasteiger partial charge in [0.25, 0.3) is 0 Å². The van der Waals surface area contributed by atoms with E-state index >= 15 is 0 Å². The molecule has 2 aromatic rings. The summed E-state index contributed by atoms with van der Waals surface area (Å²) in [6.45, 7) is 4.85. The summed E-state index contributed by atoms with van der Waals surface area (Å²) in [7, 11) is 0. The molecule has 0 saturated heterocycles. The summed E-state index contributed by atoms with van der Waals surface area (Å²) in [6, 6.07) is 10.8. The Hall–Kier alpha value is -1.29. The normalized spacial score (nSPS) is 12.6. The second-order valence-electron chi connectivity index (χ2n) is 4.82. The quantitative estimate of drug-likeness (QED) is 0.751. The maximum Gasteiger partial charge on any atom is 0.157 e. The number of alkyl halides is 1. The third kappa shape index (κ3) is 3.83. The van der Waals surface area contributed by atoms with Crippen molar-refractivity contribution in [3.8, 4) is 5.75 Å². The van der Waals surface area contributed by atoms with Gasteiger partial charge in [0.05, 0.1) is 19.0 Å². The lowest BCUT2D eigenvalue weighted by Crippen LogP contribution is -2.11. The zero-order chi connectivity index (χ0) is 13.7. The van der Waals surface area contributed by atoms with Crippen LogP contribution in [0.25, 0.3) is 0 Å². The van der Waals surface area contributed by atoms with Crippen LogP contribution in [0.5, 0.6) is 5.75 Å². The number of nitrogens with zero attached hydrogens (tertiary/aromatic N) is 2. The first-order chi connectivity index (χ1) is 9.20. The number of hydrogen-bond acceptors (Lipinski definition) is 2. The molecule has 1 aromatic heterocycles. The number of rotatable bonds is 6. The highest BCUT2D eigenvalue weighted by Gasteiger charge is 2.11. The van der Waals surface area contributed by atoms with Gasteiger partial charge in [-0.25, -0.2) is 0 Å². The summed E-state index contributed by atoms with van der Waals surface area (Å²) in [5, 5.41) is 5.16. The molecule has 1 atom stereocenters. The summed E-state index contributed by atoms with van der Waals surface area (Å²) in [5.41, 5.74) is 1.29. The molecule has 0 fully saturated rings. The van der Waals surface area contributed by atoms with E-state index in [0.717, 1.165) is 11.1 Å². The summed E-state index contributed by atoms with van der Waals surface area (Å²) >= 11 is 3.55. The first-order valence-electron chi connectivity index (χ1n) is 6.48. The lowest BCUT2D eigenvalue weighted by atomic mass is 10.0. The number of aromatic nitrogens is 2. The van der Waals surface area contributed by atoms with Crippen LogP contribution in [0.15, 0.2) is 42.7 Å². The van der Waals surface area contributed by atoms with E-state index in [9.17, 15) is 0 Å². The lowest BCUT2D eigenvalue weighted by Gasteiger charge is -2.14. The lowest BCUT2D eigenvalue weighted by molar-refractivity contribution is 0.297. The minimum Gasteiger partial charge on any atom is -0.490 e. The van der Waals surface area contributed by atoms with Crippen LogP contribution in [-0.2, 0) is 0 Å². The third-order valence-corrected chi connectivity index (χ3v) is 3.80. The largest absolute Gasteiger partial charge is 0.490 e. The number of ether oxygens (including phenoxy) is 1.